The number of benzene rings is 2. The van der Waals surface area contributed by atoms with Crippen LogP contribution in [0, 0.1) is 0 Å². The van der Waals surface area contributed by atoms with E-state index in [1.165, 1.54) is 0 Å². The van der Waals surface area contributed by atoms with Gasteiger partial charge in [0.05, 0.1) is 12.8 Å². The summed E-state index contributed by atoms with van der Waals surface area (Å²) in [5.41, 5.74) is 5.94. The largest absolute Gasteiger partial charge is 0.497 e. The zero-order valence-corrected chi connectivity index (χ0v) is 12.1. The van der Waals surface area contributed by atoms with E-state index in [9.17, 15) is 4.79 Å². The monoisotopic (exact) mass is 293 g/mol. The van der Waals surface area contributed by atoms with E-state index in [-0.39, 0.29) is 5.91 Å². The predicted molar refractivity (Wildman–Crippen MR) is 84.0 cm³/mol. The summed E-state index contributed by atoms with van der Waals surface area (Å²) in [7, 11) is 1.64. The average molecular weight is 293 g/mol. The highest BCUT2D eigenvalue weighted by Gasteiger charge is 2.50. The Morgan fingerprint density at radius 2 is 1.91 bits per heavy atom. The molecule has 1 amide bonds. The van der Waals surface area contributed by atoms with Crippen LogP contribution in [0.3, 0.4) is 0 Å². The molecule has 2 aromatic carbocycles. The molecule has 2 aliphatic heterocycles. The first-order valence-corrected chi connectivity index (χ1v) is 7.12. The van der Waals surface area contributed by atoms with Crippen molar-refractivity contribution in [2.24, 2.45) is 5.10 Å². The van der Waals surface area contributed by atoms with Gasteiger partial charge in [-0.1, -0.05) is 18.2 Å². The van der Waals surface area contributed by atoms with Gasteiger partial charge in [0.25, 0.3) is 5.91 Å². The van der Waals surface area contributed by atoms with Crippen molar-refractivity contribution >= 4 is 17.3 Å². The van der Waals surface area contributed by atoms with Gasteiger partial charge in [-0.25, -0.2) is 0 Å². The molecule has 0 aliphatic carbocycles. The maximum atomic E-state index is 12.5. The van der Waals surface area contributed by atoms with Gasteiger partial charge in [-0.05, 0) is 35.9 Å². The summed E-state index contributed by atoms with van der Waals surface area (Å²) in [6, 6.07) is 15.4. The summed E-state index contributed by atoms with van der Waals surface area (Å²) in [4.78, 5) is 12.5. The molecule has 5 heteroatoms. The second-order valence-corrected chi connectivity index (χ2v) is 5.48. The van der Waals surface area contributed by atoms with Gasteiger partial charge in [0.1, 0.15) is 5.75 Å². The molecule has 0 fully saturated rings. The zero-order valence-electron chi connectivity index (χ0n) is 12.1. The van der Waals surface area contributed by atoms with E-state index in [1.54, 1.807) is 7.11 Å². The van der Waals surface area contributed by atoms with E-state index in [2.05, 4.69) is 15.8 Å². The molecule has 110 valence electrons. The van der Waals surface area contributed by atoms with Crippen LogP contribution in [0.15, 0.2) is 53.6 Å². The Kier molecular flexibility index (Phi) is 2.69. The maximum absolute atomic E-state index is 12.5. The zero-order chi connectivity index (χ0) is 15.2. The number of nitrogens with one attached hydrogen (secondary N) is 2. The molecule has 1 spiro atoms. The summed E-state index contributed by atoms with van der Waals surface area (Å²) >= 11 is 0. The molecule has 1 atom stereocenters. The van der Waals surface area contributed by atoms with E-state index in [4.69, 9.17) is 4.74 Å². The fraction of sp³-hybridized carbons (Fsp3) is 0.176. The lowest BCUT2D eigenvalue weighted by Crippen LogP contribution is -2.42. The Balaban J connectivity index is 1.67. The van der Waals surface area contributed by atoms with E-state index < -0.39 is 5.54 Å². The first-order chi connectivity index (χ1) is 10.7. The lowest BCUT2D eigenvalue weighted by Gasteiger charge is -2.20. The number of anilines is 1. The third kappa shape index (κ3) is 1.72. The molecule has 4 rings (SSSR count). The van der Waals surface area contributed by atoms with Crippen LogP contribution in [-0.4, -0.2) is 18.7 Å². The number of methoxy groups -OCH3 is 1. The summed E-state index contributed by atoms with van der Waals surface area (Å²) in [6.07, 6.45) is 0.530. The number of nitrogens with zero attached hydrogens (tertiary/aromatic N) is 1. The molecule has 0 saturated carbocycles. The molecule has 2 aliphatic rings. The van der Waals surface area contributed by atoms with Gasteiger partial charge in [-0.2, -0.15) is 5.10 Å². The van der Waals surface area contributed by atoms with Gasteiger partial charge in [0.2, 0.25) is 0 Å². The highest BCUT2D eigenvalue weighted by molar-refractivity contribution is 6.13. The highest BCUT2D eigenvalue weighted by Crippen LogP contribution is 2.41. The van der Waals surface area contributed by atoms with Crippen LogP contribution < -0.4 is 15.5 Å². The van der Waals surface area contributed by atoms with Gasteiger partial charge < -0.3 is 10.1 Å². The Morgan fingerprint density at radius 3 is 2.68 bits per heavy atom. The van der Waals surface area contributed by atoms with Crippen molar-refractivity contribution in [3.63, 3.8) is 0 Å². The van der Waals surface area contributed by atoms with Crippen LogP contribution in [0.4, 0.5) is 5.69 Å². The minimum absolute atomic E-state index is 0.0547. The molecule has 0 radical (unpaired) electrons. The number of carbonyl (C=O) groups excluding carboxylic acids is 1. The third-order valence-corrected chi connectivity index (χ3v) is 4.26. The number of rotatable bonds is 2. The second-order valence-electron chi connectivity index (χ2n) is 5.48. The lowest BCUT2D eigenvalue weighted by molar-refractivity contribution is -0.121. The average Bonchev–Trinajstić information content (AvgIpc) is 3.12. The van der Waals surface area contributed by atoms with Crippen LogP contribution >= 0.6 is 0 Å². The molecular formula is C17H15N3O2. The van der Waals surface area contributed by atoms with Gasteiger partial charge in [0.15, 0.2) is 5.54 Å². The van der Waals surface area contributed by atoms with Gasteiger partial charge >= 0.3 is 0 Å². The molecule has 5 nitrogen and oxygen atoms in total. The van der Waals surface area contributed by atoms with Crippen LogP contribution in [0.2, 0.25) is 0 Å². The van der Waals surface area contributed by atoms with Crippen molar-refractivity contribution < 1.29 is 9.53 Å². The Labute approximate surface area is 128 Å². The number of para-hydroxylation sites is 1. The van der Waals surface area contributed by atoms with E-state index in [0.29, 0.717) is 6.42 Å². The fourth-order valence-corrected chi connectivity index (χ4v) is 3.05. The number of hydrogen-bond acceptors (Lipinski definition) is 4. The minimum atomic E-state index is -0.786. The van der Waals surface area contributed by atoms with Crippen molar-refractivity contribution in [2.45, 2.75) is 12.0 Å². The molecule has 2 aromatic rings. The van der Waals surface area contributed by atoms with Crippen LogP contribution in [0.5, 0.6) is 5.75 Å². The molecule has 2 N–H and O–H groups in total. The third-order valence-electron chi connectivity index (χ3n) is 4.26. The van der Waals surface area contributed by atoms with Crippen LogP contribution in [0.25, 0.3) is 0 Å². The molecule has 1 unspecified atom stereocenters. The Morgan fingerprint density at radius 1 is 1.14 bits per heavy atom. The summed E-state index contributed by atoms with van der Waals surface area (Å²) < 4.78 is 5.17. The Bertz CT molecular complexity index is 783. The number of ether oxygens (including phenoxy) is 1. The minimum Gasteiger partial charge on any atom is -0.497 e. The SMILES string of the molecule is COc1ccc(C2=NNC3(C2)C(=O)Nc2ccccc23)cc1. The number of fused-ring (bicyclic) bond motifs is 2. The predicted octanol–water partition coefficient (Wildman–Crippen LogP) is 2.24. The maximum Gasteiger partial charge on any atom is 0.256 e. The molecule has 22 heavy (non-hydrogen) atoms. The summed E-state index contributed by atoms with van der Waals surface area (Å²) in [5.74, 6) is 0.745. The van der Waals surface area contributed by atoms with Crippen molar-refractivity contribution in [3.05, 3.63) is 59.7 Å². The standard InChI is InChI=1S/C17H15N3O2/c1-22-12-8-6-11(7-9-12)15-10-17(20-19-15)13-4-2-3-5-14(13)18-16(17)21/h2-9,20H,10H2,1H3,(H,18,21). The topological polar surface area (TPSA) is 62.7 Å². The van der Waals surface area contributed by atoms with Gasteiger partial charge in [-0.15, -0.1) is 0 Å². The second kappa shape index (κ2) is 4.59. The fourth-order valence-electron chi connectivity index (χ4n) is 3.05. The highest BCUT2D eigenvalue weighted by atomic mass is 16.5. The number of amides is 1. The van der Waals surface area contributed by atoms with Gasteiger partial charge in [0, 0.05) is 17.7 Å². The van der Waals surface area contributed by atoms with Crippen LogP contribution in [-0.2, 0) is 10.3 Å². The van der Waals surface area contributed by atoms with Crippen molar-refractivity contribution in [1.82, 2.24) is 5.43 Å². The normalized spacial score (nSPS) is 22.0. The van der Waals surface area contributed by atoms with E-state index >= 15 is 0 Å². The first kappa shape index (κ1) is 12.9. The van der Waals surface area contributed by atoms with Crippen LogP contribution in [0.1, 0.15) is 17.5 Å². The summed E-state index contributed by atoms with van der Waals surface area (Å²) in [5, 5.41) is 7.34. The number of hydrazone groups is 1. The van der Waals surface area contributed by atoms with Crippen molar-refractivity contribution in [2.75, 3.05) is 12.4 Å². The smallest absolute Gasteiger partial charge is 0.256 e. The molecular weight excluding hydrogens is 278 g/mol. The number of hydrogen-bond donors (Lipinski definition) is 2. The van der Waals surface area contributed by atoms with E-state index in [1.807, 2.05) is 48.5 Å². The first-order valence-electron chi connectivity index (χ1n) is 7.12. The Hall–Kier alpha value is -2.82. The van der Waals surface area contributed by atoms with Crippen molar-refractivity contribution in [3.8, 4) is 5.75 Å². The van der Waals surface area contributed by atoms with Gasteiger partial charge in [-0.3, -0.25) is 10.2 Å². The molecule has 0 saturated heterocycles. The molecule has 0 aromatic heterocycles. The number of carbonyl (C=O) groups is 1. The molecule has 2 heterocycles. The molecule has 0 bridgehead atoms. The lowest BCUT2D eigenvalue weighted by atomic mass is 9.86. The van der Waals surface area contributed by atoms with E-state index in [0.717, 1.165) is 28.3 Å². The quantitative estimate of drug-likeness (QED) is 0.892. The van der Waals surface area contributed by atoms with Crippen molar-refractivity contribution in [1.29, 1.82) is 0 Å². The summed E-state index contributed by atoms with van der Waals surface area (Å²) in [6.45, 7) is 0.